The van der Waals surface area contributed by atoms with E-state index in [0.717, 1.165) is 5.92 Å². The highest BCUT2D eigenvalue weighted by Gasteiger charge is 2.40. The lowest BCUT2D eigenvalue weighted by atomic mass is 9.70. The monoisotopic (exact) mass is 280 g/mol. The van der Waals surface area contributed by atoms with Crippen LogP contribution in [0.5, 0.6) is 0 Å². The number of nitrogens with zero attached hydrogens (tertiary/aromatic N) is 1. The fourth-order valence-electron chi connectivity index (χ4n) is 4.36. The Morgan fingerprint density at radius 2 is 1.70 bits per heavy atom. The summed E-state index contributed by atoms with van der Waals surface area (Å²) >= 11 is 0. The van der Waals surface area contributed by atoms with E-state index in [-0.39, 0.29) is 0 Å². The second kappa shape index (κ2) is 5.96. The smallest absolute Gasteiger partial charge is 0.0252 e. The summed E-state index contributed by atoms with van der Waals surface area (Å²) in [7, 11) is 0. The molecule has 1 saturated heterocycles. The van der Waals surface area contributed by atoms with Gasteiger partial charge in [-0.3, -0.25) is 4.90 Å². The summed E-state index contributed by atoms with van der Waals surface area (Å²) in [4.78, 5) is 2.73. The molecule has 0 aromatic rings. The minimum Gasteiger partial charge on any atom is -0.326 e. The summed E-state index contributed by atoms with van der Waals surface area (Å²) in [6.07, 6.45) is 8.06. The van der Waals surface area contributed by atoms with Gasteiger partial charge in [-0.25, -0.2) is 0 Å². The summed E-state index contributed by atoms with van der Waals surface area (Å²) in [6, 6.07) is 0.972. The Labute approximate surface area is 126 Å². The van der Waals surface area contributed by atoms with Gasteiger partial charge in [0.1, 0.15) is 0 Å². The molecule has 0 bridgehead atoms. The Kier molecular flexibility index (Phi) is 4.86. The van der Waals surface area contributed by atoms with E-state index < -0.39 is 0 Å². The van der Waals surface area contributed by atoms with Gasteiger partial charge >= 0.3 is 0 Å². The zero-order valence-corrected chi connectivity index (χ0v) is 14.4. The molecule has 0 spiro atoms. The maximum Gasteiger partial charge on any atom is 0.0252 e. The van der Waals surface area contributed by atoms with Crippen LogP contribution in [0.2, 0.25) is 0 Å². The van der Waals surface area contributed by atoms with Gasteiger partial charge in [0.15, 0.2) is 0 Å². The molecule has 1 saturated carbocycles. The molecule has 2 rings (SSSR count). The summed E-state index contributed by atoms with van der Waals surface area (Å²) in [5, 5.41) is 0. The lowest BCUT2D eigenvalue weighted by Crippen LogP contribution is -2.57. The van der Waals surface area contributed by atoms with Gasteiger partial charge in [0.05, 0.1) is 0 Å². The Bertz CT molecular complexity index is 316. The molecular formula is C18H36N2. The van der Waals surface area contributed by atoms with E-state index in [2.05, 4.69) is 39.5 Å². The molecule has 1 heterocycles. The minimum atomic E-state index is 0.318. The van der Waals surface area contributed by atoms with Crippen molar-refractivity contribution in [1.82, 2.24) is 4.90 Å². The van der Waals surface area contributed by atoms with Gasteiger partial charge < -0.3 is 5.73 Å². The highest BCUT2D eigenvalue weighted by atomic mass is 15.2. The van der Waals surface area contributed by atoms with Crippen LogP contribution in [0.3, 0.4) is 0 Å². The molecule has 2 N–H and O–H groups in total. The third-order valence-corrected chi connectivity index (χ3v) is 6.09. The molecule has 3 atom stereocenters. The molecular weight excluding hydrogens is 244 g/mol. The van der Waals surface area contributed by atoms with Gasteiger partial charge in [0.25, 0.3) is 0 Å². The molecule has 2 aliphatic rings. The average Bonchev–Trinajstić information content (AvgIpc) is 2.57. The van der Waals surface area contributed by atoms with Crippen molar-refractivity contribution in [1.29, 1.82) is 0 Å². The van der Waals surface area contributed by atoms with E-state index in [1.165, 1.54) is 51.6 Å². The zero-order valence-electron chi connectivity index (χ0n) is 14.4. The fraction of sp³-hybridized carbons (Fsp3) is 1.00. The van der Waals surface area contributed by atoms with Crippen molar-refractivity contribution < 1.29 is 0 Å². The maximum absolute atomic E-state index is 6.62. The molecule has 0 amide bonds. The predicted octanol–water partition coefficient (Wildman–Crippen LogP) is 4.04. The molecule has 3 unspecified atom stereocenters. The van der Waals surface area contributed by atoms with Crippen molar-refractivity contribution in [3.8, 4) is 0 Å². The van der Waals surface area contributed by atoms with Gasteiger partial charge in [-0.05, 0) is 61.9 Å². The largest absolute Gasteiger partial charge is 0.326 e. The predicted molar refractivity (Wildman–Crippen MR) is 87.8 cm³/mol. The first-order chi connectivity index (χ1) is 9.22. The molecule has 2 nitrogen and oxygen atoms in total. The summed E-state index contributed by atoms with van der Waals surface area (Å²) in [5.74, 6) is 0.875. The maximum atomic E-state index is 6.62. The molecule has 118 valence electrons. The van der Waals surface area contributed by atoms with Crippen molar-refractivity contribution in [2.45, 2.75) is 85.2 Å². The average molecular weight is 281 g/mol. The first-order valence-corrected chi connectivity index (χ1v) is 8.71. The normalized spacial score (nSPS) is 36.6. The lowest BCUT2D eigenvalue weighted by Gasteiger charge is -2.46. The molecule has 1 aliphatic carbocycles. The number of rotatable bonds is 1. The van der Waals surface area contributed by atoms with Crippen LogP contribution in [0.25, 0.3) is 0 Å². The summed E-state index contributed by atoms with van der Waals surface area (Å²) in [5.41, 5.74) is 7.40. The van der Waals surface area contributed by atoms with Crippen LogP contribution < -0.4 is 5.73 Å². The van der Waals surface area contributed by atoms with Crippen LogP contribution in [0.1, 0.15) is 73.1 Å². The van der Waals surface area contributed by atoms with Crippen molar-refractivity contribution in [3.05, 3.63) is 0 Å². The van der Waals surface area contributed by atoms with E-state index in [0.29, 0.717) is 22.9 Å². The van der Waals surface area contributed by atoms with E-state index in [4.69, 9.17) is 5.73 Å². The highest BCUT2D eigenvalue weighted by molar-refractivity contribution is 4.97. The van der Waals surface area contributed by atoms with Crippen LogP contribution in [0.15, 0.2) is 0 Å². The Morgan fingerprint density at radius 3 is 2.35 bits per heavy atom. The van der Waals surface area contributed by atoms with Crippen LogP contribution in [0.4, 0.5) is 0 Å². The van der Waals surface area contributed by atoms with E-state index >= 15 is 0 Å². The second-order valence-corrected chi connectivity index (χ2v) is 9.00. The first kappa shape index (κ1) is 16.3. The molecule has 0 radical (unpaired) electrons. The van der Waals surface area contributed by atoms with Crippen LogP contribution in [-0.4, -0.2) is 30.1 Å². The molecule has 20 heavy (non-hydrogen) atoms. The molecule has 1 aliphatic heterocycles. The highest BCUT2D eigenvalue weighted by Crippen LogP contribution is 2.39. The first-order valence-electron chi connectivity index (χ1n) is 8.71. The van der Waals surface area contributed by atoms with Gasteiger partial charge in [0.2, 0.25) is 0 Å². The lowest BCUT2D eigenvalue weighted by molar-refractivity contribution is 0.0678. The summed E-state index contributed by atoms with van der Waals surface area (Å²) < 4.78 is 0. The molecule has 0 aromatic carbocycles. The number of likely N-dealkylation sites (tertiary alicyclic amines) is 1. The second-order valence-electron chi connectivity index (χ2n) is 9.00. The molecule has 2 heteroatoms. The van der Waals surface area contributed by atoms with E-state index in [9.17, 15) is 0 Å². The van der Waals surface area contributed by atoms with Gasteiger partial charge in [-0.15, -0.1) is 0 Å². The van der Waals surface area contributed by atoms with Gasteiger partial charge in [0, 0.05) is 12.1 Å². The van der Waals surface area contributed by atoms with Crippen molar-refractivity contribution in [3.63, 3.8) is 0 Å². The van der Waals surface area contributed by atoms with Crippen molar-refractivity contribution in [2.24, 2.45) is 22.5 Å². The van der Waals surface area contributed by atoms with Crippen molar-refractivity contribution >= 4 is 0 Å². The zero-order chi connectivity index (χ0) is 15.0. The third-order valence-electron chi connectivity index (χ3n) is 6.09. The molecule has 2 fully saturated rings. The number of nitrogens with two attached hydrogens (primary N) is 1. The van der Waals surface area contributed by atoms with Gasteiger partial charge in [-0.1, -0.05) is 41.0 Å². The fourth-order valence-corrected chi connectivity index (χ4v) is 4.36. The van der Waals surface area contributed by atoms with Gasteiger partial charge in [-0.2, -0.15) is 0 Å². The van der Waals surface area contributed by atoms with Crippen LogP contribution in [0, 0.1) is 16.7 Å². The Hall–Kier alpha value is -0.0800. The van der Waals surface area contributed by atoms with Crippen molar-refractivity contribution in [2.75, 3.05) is 13.1 Å². The van der Waals surface area contributed by atoms with E-state index in [1.54, 1.807) is 0 Å². The number of hydrogen-bond donors (Lipinski definition) is 1. The topological polar surface area (TPSA) is 29.3 Å². The Morgan fingerprint density at radius 1 is 1.00 bits per heavy atom. The SMILES string of the molecule is CC(C)(C)C1CCCN(C2CCCC(C)(C)C2N)CC1. The standard InChI is InChI=1S/C18H36N2/c1-17(2,3)14-8-7-12-20(13-10-14)15-9-6-11-18(4,5)16(15)19/h14-16H,6-13,19H2,1-5H3. The quantitative estimate of drug-likeness (QED) is 0.785. The van der Waals surface area contributed by atoms with E-state index in [1.807, 2.05) is 0 Å². The molecule has 0 aromatic heterocycles. The van der Waals surface area contributed by atoms with Crippen LogP contribution >= 0.6 is 0 Å². The third kappa shape index (κ3) is 3.57. The van der Waals surface area contributed by atoms with Crippen LogP contribution in [-0.2, 0) is 0 Å². The Balaban J connectivity index is 2.00. The minimum absolute atomic E-state index is 0.318. The number of hydrogen-bond acceptors (Lipinski definition) is 2. The summed E-state index contributed by atoms with van der Waals surface area (Å²) in [6.45, 7) is 14.5.